The predicted molar refractivity (Wildman–Crippen MR) is 107 cm³/mol. The lowest BCUT2D eigenvalue weighted by Crippen LogP contribution is -2.29. The summed E-state index contributed by atoms with van der Waals surface area (Å²) < 4.78 is 0. The molecule has 1 aromatic rings. The summed E-state index contributed by atoms with van der Waals surface area (Å²) in [4.78, 5) is 21.0. The quantitative estimate of drug-likeness (QED) is 0.439. The molecule has 26 heavy (non-hydrogen) atoms. The van der Waals surface area contributed by atoms with Crippen LogP contribution in [0, 0.1) is 5.41 Å². The zero-order valence-corrected chi connectivity index (χ0v) is 16.1. The third-order valence-corrected chi connectivity index (χ3v) is 4.06. The van der Waals surface area contributed by atoms with Crippen LogP contribution in [0.15, 0.2) is 35.2 Å². The van der Waals surface area contributed by atoms with Gasteiger partial charge in [0.25, 0.3) is 0 Å². The fourth-order valence-electron chi connectivity index (χ4n) is 1.90. The van der Waals surface area contributed by atoms with Gasteiger partial charge in [-0.3, -0.25) is 9.59 Å². The van der Waals surface area contributed by atoms with Crippen molar-refractivity contribution in [3.63, 3.8) is 0 Å². The Kier molecular flexibility index (Phi) is 13.7. The maximum Gasteiger partial charge on any atom is 0.320 e. The van der Waals surface area contributed by atoms with E-state index in [0.717, 1.165) is 31.4 Å². The zero-order valence-electron chi connectivity index (χ0n) is 15.3. The first-order chi connectivity index (χ1) is 12.4. The number of nitrogens with one attached hydrogen (secondary N) is 2. The Balaban J connectivity index is 0.000000388. The van der Waals surface area contributed by atoms with Gasteiger partial charge in [-0.05, 0) is 61.9 Å². The minimum Gasteiger partial charge on any atom is -0.481 e. The molecule has 0 spiro atoms. The molecule has 0 radical (unpaired) electrons. The second kappa shape index (κ2) is 15.0. The highest BCUT2D eigenvalue weighted by Crippen LogP contribution is 2.11. The number of rotatable bonds is 6. The monoisotopic (exact) mass is 380 g/mol. The van der Waals surface area contributed by atoms with Gasteiger partial charge in [0.15, 0.2) is 0 Å². The van der Waals surface area contributed by atoms with Crippen LogP contribution in [0.3, 0.4) is 0 Å². The Morgan fingerprint density at radius 1 is 1.42 bits per heavy atom. The highest BCUT2D eigenvalue weighted by molar-refractivity contribution is 7.10. The summed E-state index contributed by atoms with van der Waals surface area (Å²) in [6.45, 7) is 4.68. The van der Waals surface area contributed by atoms with Gasteiger partial charge in [-0.2, -0.15) is 0 Å². The van der Waals surface area contributed by atoms with E-state index in [1.165, 1.54) is 11.1 Å². The number of allylic oxidation sites excluding steroid dienone is 3. The molecule has 0 aromatic carbocycles. The van der Waals surface area contributed by atoms with E-state index in [2.05, 4.69) is 22.8 Å². The van der Waals surface area contributed by atoms with Crippen LogP contribution in [-0.2, 0) is 9.59 Å². The maximum absolute atomic E-state index is 10.1. The highest BCUT2D eigenvalue weighted by Gasteiger charge is 2.20. The van der Waals surface area contributed by atoms with Crippen molar-refractivity contribution in [1.29, 1.82) is 5.41 Å². The van der Waals surface area contributed by atoms with Gasteiger partial charge in [-0.1, -0.05) is 19.1 Å². The molecule has 1 aliphatic heterocycles. The number of carbonyl (C=O) groups is 2. The van der Waals surface area contributed by atoms with Crippen molar-refractivity contribution in [2.45, 2.75) is 45.6 Å². The lowest BCUT2D eigenvalue weighted by atomic mass is 10.2. The van der Waals surface area contributed by atoms with Crippen molar-refractivity contribution in [3.05, 3.63) is 40.1 Å². The Labute approximate surface area is 158 Å². The lowest BCUT2D eigenvalue weighted by molar-refractivity contribution is -0.139. The van der Waals surface area contributed by atoms with Crippen LogP contribution >= 0.6 is 11.3 Å². The fourth-order valence-corrected chi connectivity index (χ4v) is 2.51. The molecule has 1 unspecified atom stereocenters. The van der Waals surface area contributed by atoms with Crippen LogP contribution in [0.25, 0.3) is 6.08 Å². The number of hydrogen-bond donors (Lipinski definition) is 4. The molecule has 0 bridgehead atoms. The third kappa shape index (κ3) is 13.1. The molecule has 0 saturated carbocycles. The number of aliphatic carboxylic acids is 2. The van der Waals surface area contributed by atoms with Crippen LogP contribution in [-0.4, -0.2) is 41.0 Å². The molecule has 1 aromatic heterocycles. The molecule has 0 aliphatic carbocycles. The van der Waals surface area contributed by atoms with Crippen LogP contribution < -0.4 is 5.32 Å². The number of carboxylic acid groups (broad SMARTS) is 2. The first-order valence-corrected chi connectivity index (χ1v) is 9.35. The van der Waals surface area contributed by atoms with E-state index in [4.69, 9.17) is 15.6 Å². The molecule has 1 atom stereocenters. The lowest BCUT2D eigenvalue weighted by Gasteiger charge is -1.99. The van der Waals surface area contributed by atoms with E-state index >= 15 is 0 Å². The molecule has 2 rings (SSSR count). The Morgan fingerprint density at radius 3 is 2.50 bits per heavy atom. The second-order valence-corrected chi connectivity index (χ2v) is 6.54. The summed E-state index contributed by atoms with van der Waals surface area (Å²) in [5.41, 5.74) is 1.10. The molecular formula is C19H28N2O4S. The summed E-state index contributed by atoms with van der Waals surface area (Å²) in [7, 11) is 0. The van der Waals surface area contributed by atoms with Gasteiger partial charge in [0.1, 0.15) is 6.04 Å². The molecule has 2 heterocycles. The van der Waals surface area contributed by atoms with Gasteiger partial charge in [0, 0.05) is 17.5 Å². The van der Waals surface area contributed by atoms with Crippen molar-refractivity contribution < 1.29 is 19.8 Å². The first kappa shape index (κ1) is 23.8. The van der Waals surface area contributed by atoms with Gasteiger partial charge in [-0.25, -0.2) is 0 Å². The standard InChI is InChI=1S/C10H11NS.C5H9NO2.C4H8O2/c1-9(6-7-11)4-5-10-3-2-8-12-10;7-5(8)4-2-1-3-6-4;1-2-3-4(5)6/h2-8,11H,1H3;4,6H,1-3H2,(H,7,8);2-3H2,1H3,(H,5,6)/b5-4+,9-6+,11-7?;;. The van der Waals surface area contributed by atoms with Crippen LogP contribution in [0.5, 0.6) is 0 Å². The molecule has 6 nitrogen and oxygen atoms in total. The topological polar surface area (TPSA) is 110 Å². The molecule has 1 aliphatic rings. The first-order valence-electron chi connectivity index (χ1n) is 8.47. The molecule has 7 heteroatoms. The largest absolute Gasteiger partial charge is 0.481 e. The molecule has 1 fully saturated rings. The second-order valence-electron chi connectivity index (χ2n) is 5.56. The van der Waals surface area contributed by atoms with Gasteiger partial charge >= 0.3 is 11.9 Å². The predicted octanol–water partition coefficient (Wildman–Crippen LogP) is 4.05. The van der Waals surface area contributed by atoms with E-state index < -0.39 is 11.9 Å². The molecule has 144 valence electrons. The van der Waals surface area contributed by atoms with E-state index in [-0.39, 0.29) is 6.04 Å². The smallest absolute Gasteiger partial charge is 0.320 e. The Morgan fingerprint density at radius 2 is 2.15 bits per heavy atom. The van der Waals surface area contributed by atoms with E-state index in [1.54, 1.807) is 17.4 Å². The van der Waals surface area contributed by atoms with Crippen molar-refractivity contribution in [2.75, 3.05) is 6.54 Å². The Hall–Kier alpha value is -2.25. The Bertz CT molecular complexity index is 589. The number of carboxylic acids is 2. The van der Waals surface area contributed by atoms with Crippen LogP contribution in [0.1, 0.15) is 44.4 Å². The summed E-state index contributed by atoms with van der Waals surface area (Å²) in [6.07, 6.45) is 9.94. The van der Waals surface area contributed by atoms with E-state index in [9.17, 15) is 9.59 Å². The summed E-state index contributed by atoms with van der Waals surface area (Å²) in [5, 5.41) is 28.0. The average molecular weight is 381 g/mol. The number of thiophene rings is 1. The van der Waals surface area contributed by atoms with E-state index in [1.807, 2.05) is 26.0 Å². The van der Waals surface area contributed by atoms with Crippen molar-refractivity contribution in [3.8, 4) is 0 Å². The average Bonchev–Trinajstić information content (AvgIpc) is 3.28. The van der Waals surface area contributed by atoms with Crippen molar-refractivity contribution in [2.24, 2.45) is 0 Å². The highest BCUT2D eigenvalue weighted by atomic mass is 32.1. The van der Waals surface area contributed by atoms with Gasteiger partial charge < -0.3 is 20.9 Å². The van der Waals surface area contributed by atoms with Gasteiger partial charge in [0.2, 0.25) is 0 Å². The normalized spacial score (nSPS) is 16.2. The SMILES string of the molecule is CC(/C=C/c1cccs1)=C\C=N.CCCC(=O)O.O=C(O)C1CCCN1. The fraction of sp³-hybridized carbons (Fsp3) is 0.421. The zero-order chi connectivity index (χ0) is 19.8. The van der Waals surface area contributed by atoms with Crippen molar-refractivity contribution in [1.82, 2.24) is 5.32 Å². The summed E-state index contributed by atoms with van der Waals surface area (Å²) >= 11 is 1.71. The van der Waals surface area contributed by atoms with Crippen LogP contribution in [0.2, 0.25) is 0 Å². The minimum atomic E-state index is -0.720. The molecule has 1 saturated heterocycles. The molecule has 4 N–H and O–H groups in total. The summed E-state index contributed by atoms with van der Waals surface area (Å²) in [5.74, 6) is -1.43. The van der Waals surface area contributed by atoms with Crippen molar-refractivity contribution >= 4 is 35.6 Å². The molecule has 0 amide bonds. The minimum absolute atomic E-state index is 0.269. The number of hydrogen-bond acceptors (Lipinski definition) is 5. The van der Waals surface area contributed by atoms with E-state index in [0.29, 0.717) is 6.42 Å². The maximum atomic E-state index is 10.1. The summed E-state index contributed by atoms with van der Waals surface area (Å²) in [6, 6.07) is 3.83. The molecular weight excluding hydrogens is 352 g/mol. The third-order valence-electron chi connectivity index (χ3n) is 3.22. The van der Waals surface area contributed by atoms with Crippen LogP contribution in [0.4, 0.5) is 0 Å². The van der Waals surface area contributed by atoms with Gasteiger partial charge in [0.05, 0.1) is 0 Å². The van der Waals surface area contributed by atoms with Gasteiger partial charge in [-0.15, -0.1) is 11.3 Å².